The number of halogens is 12. The van der Waals surface area contributed by atoms with Crippen molar-refractivity contribution in [3.05, 3.63) is 182 Å². The van der Waals surface area contributed by atoms with Crippen molar-refractivity contribution in [3.63, 3.8) is 0 Å². The van der Waals surface area contributed by atoms with E-state index in [-0.39, 0.29) is 261 Å². The van der Waals surface area contributed by atoms with Gasteiger partial charge in [0.25, 0.3) is 0 Å². The summed E-state index contributed by atoms with van der Waals surface area (Å²) in [5.74, 6) is -11.4. The van der Waals surface area contributed by atoms with Crippen LogP contribution in [0.2, 0.25) is 0 Å². The summed E-state index contributed by atoms with van der Waals surface area (Å²) in [5, 5.41) is 47.4. The first kappa shape index (κ1) is 125. The van der Waals surface area contributed by atoms with Crippen molar-refractivity contribution in [1.82, 2.24) is 0 Å². The molecule has 57 heteroatoms. The number of aliphatic carboxylic acids is 1. The molecule has 8 aliphatic carbocycles. The summed E-state index contributed by atoms with van der Waals surface area (Å²) < 4.78 is 193. The Hall–Kier alpha value is -4.12. The molecule has 8 bridgehead atoms. The molecule has 0 radical (unpaired) electrons. The van der Waals surface area contributed by atoms with Gasteiger partial charge in [-0.15, -0.1) is 16.7 Å². The molecule has 0 aromatic heterocycles. The molecule has 4 saturated heterocycles. The van der Waals surface area contributed by atoms with Crippen LogP contribution < -0.4 is 139 Å². The van der Waals surface area contributed by atoms with Gasteiger partial charge in [-0.05, 0) is 140 Å². The minimum Gasteiger partial charge on any atom is -0.870 e. The van der Waals surface area contributed by atoms with Gasteiger partial charge in [-0.25, -0.2) is 24.0 Å². The number of hydrogen-bond acceptors (Lipinski definition) is 38. The van der Waals surface area contributed by atoms with Gasteiger partial charge in [0.05, 0.1) is 58.7 Å². The molecule has 12 aliphatic rings. The Morgan fingerprint density at radius 2 is 0.569 bits per heavy atom. The summed E-state index contributed by atoms with van der Waals surface area (Å²) in [5.41, 5.74) is 0. The van der Waals surface area contributed by atoms with Crippen LogP contribution in [0.4, 0.5) is 48.4 Å². The molecule has 20 unspecified atom stereocenters. The minimum atomic E-state index is -4.16. The van der Waals surface area contributed by atoms with Gasteiger partial charge >= 0.3 is 198 Å². The Morgan fingerprint density at radius 3 is 0.788 bits per heavy atom. The predicted octanol–water partition coefficient (Wildman–Crippen LogP) is -1.01. The zero-order valence-electron chi connectivity index (χ0n) is 70.9. The Labute approximate surface area is 893 Å². The number of hydrogen-bond donors (Lipinski definition) is 2. The number of benzene rings is 6. The van der Waals surface area contributed by atoms with E-state index < -0.39 is 153 Å². The van der Waals surface area contributed by atoms with Crippen molar-refractivity contribution in [2.75, 3.05) is 7.11 Å². The fourth-order valence-corrected chi connectivity index (χ4v) is 22.8. The molecule has 6 aromatic rings. The maximum Gasteiger partial charge on any atom is 1.00 e. The number of ether oxygens (including phenoxy) is 8. The summed E-state index contributed by atoms with van der Waals surface area (Å²) >= 11 is -3.90. The summed E-state index contributed by atoms with van der Waals surface area (Å²) in [6, 6.07) is 64.3. The van der Waals surface area contributed by atoms with E-state index in [0.29, 0.717) is 50.4 Å². The molecule has 34 nitrogen and oxygen atoms in total. The van der Waals surface area contributed by atoms with Crippen LogP contribution >= 0.6 is 72.6 Å². The average Bonchev–Trinajstić information content (AvgIpc) is 1.59. The van der Waals surface area contributed by atoms with E-state index in [9.17, 15) is 112 Å². The van der Waals surface area contributed by atoms with Crippen LogP contribution in [0.25, 0.3) is 0 Å². The number of carbonyl (C=O) groups is 9. The summed E-state index contributed by atoms with van der Waals surface area (Å²) in [4.78, 5) is 107. The molecule has 18 rings (SSSR count). The van der Waals surface area contributed by atoms with Crippen LogP contribution in [0.15, 0.2) is 211 Å². The van der Waals surface area contributed by atoms with Crippen LogP contribution in [0.3, 0.4) is 0 Å². The normalized spacial score (nSPS) is 26.1. The van der Waals surface area contributed by atoms with E-state index >= 15 is 0 Å². The van der Waals surface area contributed by atoms with Crippen LogP contribution in [-0.2, 0) is 150 Å². The number of carboxylic acids is 1. The van der Waals surface area contributed by atoms with Crippen LogP contribution in [0.1, 0.15) is 58.8 Å². The number of methoxy groups -OCH3 is 1. The fraction of sp³-hybridized carbons (Fsp3) is 0.438. The molecule has 8 saturated carbocycles. The molecule has 0 spiro atoms. The topological polar surface area (TPSA) is 482 Å². The van der Waals surface area contributed by atoms with Gasteiger partial charge in [0, 0.05) is 41.4 Å². The minimum absolute atomic E-state index is 0. The fourth-order valence-electron chi connectivity index (χ4n) is 17.4. The van der Waals surface area contributed by atoms with E-state index in [2.05, 4.69) is 234 Å². The van der Waals surface area contributed by atoms with Gasteiger partial charge in [-0.2, -0.15) is 61.2 Å². The largest absolute Gasteiger partial charge is 1.00 e. The summed E-state index contributed by atoms with van der Waals surface area (Å²) in [6.45, 7) is 0. The van der Waals surface area contributed by atoms with E-state index in [1.165, 1.54) is 29.4 Å². The maximum absolute atomic E-state index is 13.3. The summed E-state index contributed by atoms with van der Waals surface area (Å²) in [6.07, 6.45) is 0.142. The number of carboxylic acid groups (broad SMARTS) is 1. The first-order chi connectivity index (χ1) is 62.0. The number of aliphatic hydroxyl groups excluding tert-OH is 1. The molecule has 6 aromatic carbocycles. The first-order valence-electron chi connectivity index (χ1n) is 38.4. The van der Waals surface area contributed by atoms with Crippen molar-refractivity contribution in [2.24, 2.45) is 71.0 Å². The number of alkyl halides is 10. The smallest absolute Gasteiger partial charge is 0.870 e. The van der Waals surface area contributed by atoms with Crippen molar-refractivity contribution in [3.8, 4) is 0 Å². The number of esters is 8. The van der Waals surface area contributed by atoms with Crippen molar-refractivity contribution in [2.45, 2.75) is 163 Å². The van der Waals surface area contributed by atoms with E-state index in [1.54, 1.807) is 0 Å². The Morgan fingerprint density at radius 1 is 0.358 bits per heavy atom. The number of aliphatic hydroxyl groups is 1. The monoisotopic (exact) mass is 2140 g/mol. The van der Waals surface area contributed by atoms with Crippen molar-refractivity contribution < 1.29 is 331 Å². The number of carbonyl (C=O) groups excluding carboxylic acids is 8. The SMILES string of the molecule is C.COC(=O)C(F)(F)SOOF.Cl.O=C(O)C(F)(F)SOO[O-].O=C1OC2C(O)C3CC1C2C3.O=C1OC2C3CC(CC13)C2OC(=O)C(F)(F)SOO[O-].O=C1OC2C3CC(CC13)C2OC(=O)C(F)(F)SOO[O-].O=C1OC2C3CC(CC13)C2OC(=O)C(F)(F)SOO[O-].[Na+].[Na+].[Na+].[Na+].[OH-].c1ccc([S+](c2ccccc2)c2ccccc2)cc1.c1ccc([S+](c2ccccc2)c2ccccc2)cc1. The van der Waals surface area contributed by atoms with E-state index in [4.69, 9.17) is 43.5 Å². The van der Waals surface area contributed by atoms with Gasteiger partial charge in [-0.1, -0.05) is 117 Å². The van der Waals surface area contributed by atoms with Crippen molar-refractivity contribution >= 4 is 148 Å². The third-order valence-corrected chi connectivity index (χ3v) is 29.5. The Bertz CT molecular complexity index is 4320. The predicted molar refractivity (Wildman–Crippen MR) is 427 cm³/mol. The second-order valence-electron chi connectivity index (χ2n) is 29.7. The molecule has 137 heavy (non-hydrogen) atoms. The Balaban J connectivity index is 0.000000329. The second-order valence-corrected chi connectivity index (χ2v) is 37.8. The van der Waals surface area contributed by atoms with Gasteiger partial charge < -0.3 is 74.6 Å². The molecule has 4 aliphatic heterocycles. The zero-order chi connectivity index (χ0) is 94.0. The van der Waals surface area contributed by atoms with Gasteiger partial charge in [-0.3, -0.25) is 39.3 Å². The van der Waals surface area contributed by atoms with Gasteiger partial charge in [0.2, 0.25) is 0 Å². The van der Waals surface area contributed by atoms with Gasteiger partial charge in [0.1, 0.15) is 103 Å². The molecule has 20 atom stereocenters. The van der Waals surface area contributed by atoms with E-state index in [0.717, 1.165) is 20.0 Å². The molecule has 4 heterocycles. The Kier molecular flexibility index (Phi) is 52.7. The molecular weight excluding hydrogens is 2070 g/mol. The quantitative estimate of drug-likeness (QED) is 0.00830. The maximum atomic E-state index is 13.3. The standard InChI is InChI=1S/2C18H15S.3C10H10F2O7S.C8H10O3.C3H3F3O4S.C2H2F2O5S.CH4.ClH.4Na.H2O/c2*1-4-10-16(11-5-1)19(17-12-6-2-7-13-17)18-14-8-3-9-15-18;3*11-10(12,20-19-18-15)9(14)17-6-3-1-4-5(2-3)8(13)16-7(4)6;9-6-3-1-4-5(2-3)8(10)11-7(4)6;1-8-2(7)3(4,5)11-10-9-6;3-2(4,1(5)6)10-9-8-7;;;;;;;/h2*1-15H;3*3-7,15H,1-2H2;3-7,9H,1-2H2;1H3;7H,(H,5,6);1H4;1H;;;;;1H2/q2*+1;;;;;;;;;4*+1;/p-5. The third kappa shape index (κ3) is 31.7. The second kappa shape index (κ2) is 57.7. The first-order valence-corrected chi connectivity index (χ1v) is 44.5. The number of rotatable bonds is 29. The third-order valence-electron chi connectivity index (χ3n) is 22.5. The molecule has 12 fully saturated rings. The van der Waals surface area contributed by atoms with Crippen LogP contribution in [0, 0.1) is 71.0 Å². The van der Waals surface area contributed by atoms with Crippen molar-refractivity contribution in [1.29, 1.82) is 0 Å². The molecule has 0 amide bonds. The van der Waals surface area contributed by atoms with E-state index in [1.807, 2.05) is 0 Å². The summed E-state index contributed by atoms with van der Waals surface area (Å²) in [7, 11) is 0.728. The molecule has 3 N–H and O–H groups in total. The zero-order valence-corrected chi connectivity index (χ0v) is 85.5. The van der Waals surface area contributed by atoms with Crippen LogP contribution in [-0.4, -0.2) is 152 Å². The van der Waals surface area contributed by atoms with Gasteiger partial charge in [0.15, 0.2) is 29.4 Å². The molecule has 730 valence electrons. The molecular formula is C80H77ClF11Na4O34S7+. The average molecular weight is 2140 g/mol. The number of fused-ring (bicyclic) bond motifs is 4. The van der Waals surface area contributed by atoms with Crippen LogP contribution in [0.5, 0.6) is 0 Å².